The second-order valence-electron chi connectivity index (χ2n) is 5.18. The zero-order chi connectivity index (χ0) is 13.9. The fraction of sp³-hybridized carbons (Fsp3) is 0.400. The Labute approximate surface area is 118 Å². The van der Waals surface area contributed by atoms with Crippen molar-refractivity contribution in [2.75, 3.05) is 6.54 Å². The number of rotatable bonds is 5. The zero-order valence-electron chi connectivity index (χ0n) is 11.5. The Hall–Kier alpha value is -2.17. The van der Waals surface area contributed by atoms with Crippen LogP contribution < -0.4 is 5.32 Å². The highest BCUT2D eigenvalue weighted by Crippen LogP contribution is 2.39. The van der Waals surface area contributed by atoms with Gasteiger partial charge in [-0.1, -0.05) is 0 Å². The number of nitrogens with one attached hydrogen (secondary N) is 1. The first-order valence-electron chi connectivity index (χ1n) is 6.96. The Kier molecular flexibility index (Phi) is 3.50. The molecule has 1 aliphatic rings. The molecule has 3 rings (SSSR count). The third-order valence-electron chi connectivity index (χ3n) is 3.57. The fourth-order valence-corrected chi connectivity index (χ4v) is 2.32. The molecule has 20 heavy (non-hydrogen) atoms. The number of nitrogens with zero attached hydrogens (tertiary/aromatic N) is 3. The van der Waals surface area contributed by atoms with Crippen LogP contribution in [0.5, 0.6) is 0 Å². The van der Waals surface area contributed by atoms with Crippen LogP contribution in [0.15, 0.2) is 30.7 Å². The first-order chi connectivity index (χ1) is 9.75. The Balaban J connectivity index is 1.58. The molecule has 1 amide bonds. The fourth-order valence-electron chi connectivity index (χ4n) is 2.32. The average Bonchev–Trinajstić information content (AvgIpc) is 3.25. The topological polar surface area (TPSA) is 59.8 Å². The molecule has 1 saturated carbocycles. The van der Waals surface area contributed by atoms with Gasteiger partial charge < -0.3 is 9.88 Å². The van der Waals surface area contributed by atoms with Crippen LogP contribution in [0.2, 0.25) is 0 Å². The van der Waals surface area contributed by atoms with E-state index in [1.54, 1.807) is 24.5 Å². The van der Waals surface area contributed by atoms with Crippen LogP contribution in [0.1, 0.15) is 40.6 Å². The van der Waals surface area contributed by atoms with E-state index >= 15 is 0 Å². The number of carbonyl (C=O) groups is 1. The van der Waals surface area contributed by atoms with Gasteiger partial charge in [0.05, 0.1) is 5.56 Å². The van der Waals surface area contributed by atoms with E-state index in [1.807, 2.05) is 6.20 Å². The monoisotopic (exact) mass is 270 g/mol. The number of hydrogen-bond donors (Lipinski definition) is 1. The van der Waals surface area contributed by atoms with Crippen molar-refractivity contribution in [3.05, 3.63) is 47.8 Å². The lowest BCUT2D eigenvalue weighted by Crippen LogP contribution is -2.28. The normalized spacial score (nSPS) is 14.2. The molecule has 1 N–H and O–H groups in total. The Bertz CT molecular complexity index is 602. The molecule has 0 aliphatic heterocycles. The number of imidazole rings is 1. The molecule has 5 heteroatoms. The number of carbonyl (C=O) groups excluding carboxylic acids is 1. The van der Waals surface area contributed by atoms with E-state index in [0.717, 1.165) is 18.1 Å². The minimum absolute atomic E-state index is 0.0798. The van der Waals surface area contributed by atoms with Gasteiger partial charge in [0, 0.05) is 43.3 Å². The predicted octanol–water partition coefficient (Wildman–Crippen LogP) is 1.89. The highest BCUT2D eigenvalue weighted by atomic mass is 16.1. The van der Waals surface area contributed by atoms with Gasteiger partial charge in [-0.2, -0.15) is 0 Å². The maximum Gasteiger partial charge on any atom is 0.252 e. The lowest BCUT2D eigenvalue weighted by atomic mass is 10.3. The van der Waals surface area contributed by atoms with E-state index in [1.165, 1.54) is 12.8 Å². The summed E-state index contributed by atoms with van der Waals surface area (Å²) >= 11 is 0. The van der Waals surface area contributed by atoms with Crippen molar-refractivity contribution >= 4 is 5.91 Å². The van der Waals surface area contributed by atoms with Gasteiger partial charge in [-0.3, -0.25) is 9.78 Å². The number of pyridine rings is 1. The average molecular weight is 270 g/mol. The summed E-state index contributed by atoms with van der Waals surface area (Å²) in [5, 5.41) is 2.92. The van der Waals surface area contributed by atoms with E-state index in [9.17, 15) is 4.79 Å². The molecule has 2 aromatic heterocycles. The summed E-state index contributed by atoms with van der Waals surface area (Å²) in [7, 11) is 0. The second-order valence-corrected chi connectivity index (χ2v) is 5.18. The molecular weight excluding hydrogens is 252 g/mol. The number of aromatic nitrogens is 3. The van der Waals surface area contributed by atoms with Crippen LogP contribution in [0, 0.1) is 6.92 Å². The number of hydrogen-bond acceptors (Lipinski definition) is 3. The molecule has 0 unspecified atom stereocenters. The van der Waals surface area contributed by atoms with Crippen molar-refractivity contribution < 1.29 is 4.79 Å². The van der Waals surface area contributed by atoms with Gasteiger partial charge in [0.2, 0.25) is 0 Å². The summed E-state index contributed by atoms with van der Waals surface area (Å²) in [6.07, 6.45) is 7.62. The van der Waals surface area contributed by atoms with Crippen molar-refractivity contribution in [1.29, 1.82) is 0 Å². The van der Waals surface area contributed by atoms with Crippen LogP contribution >= 0.6 is 0 Å². The smallest absolute Gasteiger partial charge is 0.252 e. The standard InChI is InChI=1S/C15H18N4O/c1-11-9-18-14(12-4-5-12)19(11)8-7-17-15(20)13-3-2-6-16-10-13/h2-3,6,9-10,12H,4-5,7-8H2,1H3,(H,17,20). The van der Waals surface area contributed by atoms with Crippen LogP contribution in [-0.4, -0.2) is 27.0 Å². The van der Waals surface area contributed by atoms with Gasteiger partial charge in [0.1, 0.15) is 5.82 Å². The highest BCUT2D eigenvalue weighted by Gasteiger charge is 2.28. The van der Waals surface area contributed by atoms with Gasteiger partial charge in [-0.15, -0.1) is 0 Å². The molecule has 1 aliphatic carbocycles. The molecule has 2 heterocycles. The highest BCUT2D eigenvalue weighted by molar-refractivity contribution is 5.93. The molecule has 0 bridgehead atoms. The van der Waals surface area contributed by atoms with Crippen LogP contribution in [0.3, 0.4) is 0 Å². The summed E-state index contributed by atoms with van der Waals surface area (Å²) in [6, 6.07) is 3.53. The van der Waals surface area contributed by atoms with Crippen LogP contribution in [0.25, 0.3) is 0 Å². The molecule has 0 spiro atoms. The summed E-state index contributed by atoms with van der Waals surface area (Å²) in [4.78, 5) is 20.3. The summed E-state index contributed by atoms with van der Waals surface area (Å²) < 4.78 is 2.21. The van der Waals surface area contributed by atoms with E-state index in [4.69, 9.17) is 0 Å². The van der Waals surface area contributed by atoms with Gasteiger partial charge in [-0.25, -0.2) is 4.98 Å². The van der Waals surface area contributed by atoms with Gasteiger partial charge in [0.25, 0.3) is 5.91 Å². The van der Waals surface area contributed by atoms with Gasteiger partial charge in [0.15, 0.2) is 0 Å². The van der Waals surface area contributed by atoms with E-state index in [2.05, 4.69) is 26.8 Å². The van der Waals surface area contributed by atoms with Gasteiger partial charge in [-0.05, 0) is 31.9 Å². The van der Waals surface area contributed by atoms with Crippen molar-refractivity contribution in [2.45, 2.75) is 32.2 Å². The summed E-state index contributed by atoms with van der Waals surface area (Å²) in [5.74, 6) is 1.71. The third-order valence-corrected chi connectivity index (χ3v) is 3.57. The predicted molar refractivity (Wildman–Crippen MR) is 75.5 cm³/mol. The maximum absolute atomic E-state index is 11.9. The first kappa shape index (κ1) is 12.8. The van der Waals surface area contributed by atoms with Crippen molar-refractivity contribution in [1.82, 2.24) is 19.9 Å². The Morgan fingerprint density at radius 1 is 1.45 bits per heavy atom. The molecule has 0 saturated heterocycles. The van der Waals surface area contributed by atoms with Crippen molar-refractivity contribution in [3.8, 4) is 0 Å². The first-order valence-corrected chi connectivity index (χ1v) is 6.96. The Morgan fingerprint density at radius 3 is 3.00 bits per heavy atom. The molecule has 1 fully saturated rings. The molecular formula is C15H18N4O. The third kappa shape index (κ3) is 2.71. The van der Waals surface area contributed by atoms with Crippen LogP contribution in [-0.2, 0) is 6.54 Å². The molecule has 5 nitrogen and oxygen atoms in total. The zero-order valence-corrected chi connectivity index (χ0v) is 11.5. The van der Waals surface area contributed by atoms with Crippen molar-refractivity contribution in [3.63, 3.8) is 0 Å². The lowest BCUT2D eigenvalue weighted by Gasteiger charge is -2.10. The quantitative estimate of drug-likeness (QED) is 0.902. The number of amides is 1. The molecule has 0 atom stereocenters. The van der Waals surface area contributed by atoms with E-state index in [-0.39, 0.29) is 5.91 Å². The Morgan fingerprint density at radius 2 is 2.30 bits per heavy atom. The summed E-state index contributed by atoms with van der Waals surface area (Å²) in [6.45, 7) is 3.43. The molecule has 2 aromatic rings. The SMILES string of the molecule is Cc1cnc(C2CC2)n1CCNC(=O)c1cccnc1. The largest absolute Gasteiger partial charge is 0.350 e. The number of aryl methyl sites for hydroxylation is 1. The second kappa shape index (κ2) is 5.45. The summed E-state index contributed by atoms with van der Waals surface area (Å²) in [5.41, 5.74) is 1.75. The van der Waals surface area contributed by atoms with Gasteiger partial charge >= 0.3 is 0 Å². The molecule has 0 aromatic carbocycles. The minimum Gasteiger partial charge on any atom is -0.350 e. The van der Waals surface area contributed by atoms with E-state index in [0.29, 0.717) is 18.0 Å². The molecule has 104 valence electrons. The molecule has 0 radical (unpaired) electrons. The van der Waals surface area contributed by atoms with Crippen LogP contribution in [0.4, 0.5) is 0 Å². The van der Waals surface area contributed by atoms with Crippen molar-refractivity contribution in [2.24, 2.45) is 0 Å². The minimum atomic E-state index is -0.0798. The lowest BCUT2D eigenvalue weighted by molar-refractivity contribution is 0.0951. The maximum atomic E-state index is 11.9. The van der Waals surface area contributed by atoms with E-state index < -0.39 is 0 Å².